The maximum absolute atomic E-state index is 12.6. The third-order valence-electron chi connectivity index (χ3n) is 3.84. The van der Waals surface area contributed by atoms with Gasteiger partial charge in [0.15, 0.2) is 0 Å². The zero-order valence-electron chi connectivity index (χ0n) is 16.7. The Morgan fingerprint density at radius 3 is 1.92 bits per heavy atom. The van der Waals surface area contributed by atoms with E-state index in [2.05, 4.69) is 6.92 Å². The van der Waals surface area contributed by atoms with Crippen molar-refractivity contribution in [2.24, 2.45) is 0 Å². The molecular formula is C21H33NO4. The molecule has 146 valence electrons. The van der Waals surface area contributed by atoms with Crippen LogP contribution in [-0.2, 0) is 25.5 Å². The van der Waals surface area contributed by atoms with E-state index in [4.69, 9.17) is 9.47 Å². The van der Waals surface area contributed by atoms with Crippen molar-refractivity contribution in [2.75, 3.05) is 13.1 Å². The fraction of sp³-hybridized carbons (Fsp3) is 0.619. The highest BCUT2D eigenvalue weighted by Crippen LogP contribution is 2.12. The summed E-state index contributed by atoms with van der Waals surface area (Å²) < 4.78 is 10.7. The fourth-order valence-electron chi connectivity index (χ4n) is 2.64. The molecule has 5 nitrogen and oxygen atoms in total. The Morgan fingerprint density at radius 2 is 1.46 bits per heavy atom. The van der Waals surface area contributed by atoms with E-state index in [1.807, 2.05) is 35.2 Å². The van der Waals surface area contributed by atoms with Gasteiger partial charge in [0.05, 0.1) is 12.2 Å². The van der Waals surface area contributed by atoms with Crippen molar-refractivity contribution in [3.63, 3.8) is 0 Å². The van der Waals surface area contributed by atoms with Gasteiger partial charge >= 0.3 is 11.9 Å². The fourth-order valence-corrected chi connectivity index (χ4v) is 2.64. The molecule has 0 amide bonds. The minimum absolute atomic E-state index is 0.279. The Balaban J connectivity index is 2.97. The summed E-state index contributed by atoms with van der Waals surface area (Å²) in [5.74, 6) is -1.07. The van der Waals surface area contributed by atoms with Gasteiger partial charge in [0, 0.05) is 6.54 Å². The summed E-state index contributed by atoms with van der Waals surface area (Å²) in [4.78, 5) is 27.2. The minimum Gasteiger partial charge on any atom is -0.461 e. The number of ether oxygens (including phenoxy) is 2. The first-order valence-electron chi connectivity index (χ1n) is 9.54. The molecule has 1 aromatic carbocycles. The number of carbonyl (C=O) groups excluding carboxylic acids is 2. The Labute approximate surface area is 157 Å². The second kappa shape index (κ2) is 11.7. The number of rotatable bonds is 11. The highest BCUT2D eigenvalue weighted by Gasteiger charge is 2.36. The second-order valence-corrected chi connectivity index (χ2v) is 7.00. The van der Waals surface area contributed by atoms with E-state index in [1.54, 1.807) is 27.7 Å². The lowest BCUT2D eigenvalue weighted by molar-refractivity contribution is -0.168. The molecular weight excluding hydrogens is 330 g/mol. The highest BCUT2D eigenvalue weighted by atomic mass is 16.6. The number of benzene rings is 1. The molecule has 0 saturated carbocycles. The van der Waals surface area contributed by atoms with Crippen LogP contribution in [-0.4, -0.2) is 48.2 Å². The quantitative estimate of drug-likeness (QED) is 0.444. The molecule has 26 heavy (non-hydrogen) atoms. The van der Waals surface area contributed by atoms with Crippen LogP contribution in [0, 0.1) is 0 Å². The largest absolute Gasteiger partial charge is 0.461 e. The molecule has 0 aliphatic heterocycles. The van der Waals surface area contributed by atoms with Crippen LogP contribution in [0.25, 0.3) is 0 Å². The molecule has 1 aromatic rings. The van der Waals surface area contributed by atoms with E-state index in [-0.39, 0.29) is 12.2 Å². The van der Waals surface area contributed by atoms with Gasteiger partial charge in [0.25, 0.3) is 0 Å². The minimum atomic E-state index is -1.02. The van der Waals surface area contributed by atoms with E-state index in [9.17, 15) is 9.59 Å². The molecule has 1 rings (SSSR count). The number of hydrogen-bond donors (Lipinski definition) is 0. The van der Waals surface area contributed by atoms with E-state index in [0.29, 0.717) is 13.1 Å². The van der Waals surface area contributed by atoms with Crippen LogP contribution in [0.2, 0.25) is 0 Å². The topological polar surface area (TPSA) is 55.8 Å². The zero-order chi connectivity index (χ0) is 19.5. The van der Waals surface area contributed by atoms with Crippen molar-refractivity contribution in [3.8, 4) is 0 Å². The Kier molecular flexibility index (Phi) is 9.96. The first-order valence-corrected chi connectivity index (χ1v) is 9.54. The molecule has 0 bridgehead atoms. The molecule has 0 atom stereocenters. The SMILES string of the molecule is CCCCN(CCc1ccccc1)C(C(=O)OC(C)C)C(=O)OC(C)C. The molecule has 5 heteroatoms. The molecule has 0 N–H and O–H groups in total. The lowest BCUT2D eigenvalue weighted by atomic mass is 10.1. The van der Waals surface area contributed by atoms with Gasteiger partial charge in [-0.25, -0.2) is 9.59 Å². The van der Waals surface area contributed by atoms with E-state index in [1.165, 1.54) is 5.56 Å². The zero-order valence-corrected chi connectivity index (χ0v) is 16.7. The highest BCUT2D eigenvalue weighted by molar-refractivity contribution is 5.99. The maximum atomic E-state index is 12.6. The van der Waals surface area contributed by atoms with Crippen LogP contribution >= 0.6 is 0 Å². The van der Waals surface area contributed by atoms with Crippen molar-refractivity contribution in [1.29, 1.82) is 0 Å². The van der Waals surface area contributed by atoms with Gasteiger partial charge < -0.3 is 9.47 Å². The number of esters is 2. The van der Waals surface area contributed by atoms with E-state index >= 15 is 0 Å². The molecule has 0 fully saturated rings. The number of carbonyl (C=O) groups is 2. The third kappa shape index (κ3) is 8.00. The van der Waals surface area contributed by atoms with E-state index < -0.39 is 18.0 Å². The van der Waals surface area contributed by atoms with Gasteiger partial charge in [-0.15, -0.1) is 0 Å². The summed E-state index contributed by atoms with van der Waals surface area (Å²) in [6.07, 6.45) is 2.07. The number of hydrogen-bond acceptors (Lipinski definition) is 5. The molecule has 0 spiro atoms. The van der Waals surface area contributed by atoms with Gasteiger partial charge in [-0.2, -0.15) is 0 Å². The van der Waals surface area contributed by atoms with Crippen LogP contribution in [0.5, 0.6) is 0 Å². The van der Waals surface area contributed by atoms with Gasteiger partial charge in [-0.3, -0.25) is 4.90 Å². The summed E-state index contributed by atoms with van der Waals surface area (Å²) in [6.45, 7) is 10.4. The van der Waals surface area contributed by atoms with Crippen LogP contribution in [0.15, 0.2) is 30.3 Å². The molecule has 0 aromatic heterocycles. The standard InChI is InChI=1S/C21H33NO4/c1-6-7-14-22(15-13-18-11-9-8-10-12-18)19(20(23)25-16(2)3)21(24)26-17(4)5/h8-12,16-17,19H,6-7,13-15H2,1-5H3. The Bertz CT molecular complexity index is 520. The first kappa shape index (κ1) is 22.2. The summed E-state index contributed by atoms with van der Waals surface area (Å²) in [5.41, 5.74) is 1.17. The van der Waals surface area contributed by atoms with Crippen molar-refractivity contribution in [3.05, 3.63) is 35.9 Å². The van der Waals surface area contributed by atoms with Gasteiger partial charge in [0.2, 0.25) is 6.04 Å². The molecule has 0 saturated heterocycles. The summed E-state index contributed by atoms with van der Waals surface area (Å²) in [7, 11) is 0. The number of nitrogens with zero attached hydrogens (tertiary/aromatic N) is 1. The predicted octanol–water partition coefficient (Wildman–Crippen LogP) is 3.60. The maximum Gasteiger partial charge on any atom is 0.335 e. The van der Waals surface area contributed by atoms with Gasteiger partial charge in [0.1, 0.15) is 0 Å². The monoisotopic (exact) mass is 363 g/mol. The lowest BCUT2D eigenvalue weighted by Gasteiger charge is -2.29. The summed E-state index contributed by atoms with van der Waals surface area (Å²) in [5, 5.41) is 0. The first-order chi connectivity index (χ1) is 12.3. The van der Waals surface area contributed by atoms with Crippen LogP contribution < -0.4 is 0 Å². The van der Waals surface area contributed by atoms with Crippen LogP contribution in [0.3, 0.4) is 0 Å². The van der Waals surface area contributed by atoms with Crippen molar-refractivity contribution >= 4 is 11.9 Å². The smallest absolute Gasteiger partial charge is 0.335 e. The molecule has 0 aliphatic rings. The summed E-state index contributed by atoms with van der Waals surface area (Å²) >= 11 is 0. The van der Waals surface area contributed by atoms with Crippen molar-refractivity contribution in [2.45, 2.75) is 72.1 Å². The lowest BCUT2D eigenvalue weighted by Crippen LogP contribution is -2.50. The van der Waals surface area contributed by atoms with Gasteiger partial charge in [-0.1, -0.05) is 43.7 Å². The molecule has 0 unspecified atom stereocenters. The normalized spacial score (nSPS) is 11.4. The molecule has 0 radical (unpaired) electrons. The number of unbranched alkanes of at least 4 members (excludes halogenated alkanes) is 1. The average Bonchev–Trinajstić information content (AvgIpc) is 2.56. The summed E-state index contributed by atoms with van der Waals surface area (Å²) in [6, 6.07) is 9.03. The van der Waals surface area contributed by atoms with Gasteiger partial charge in [-0.05, 0) is 52.6 Å². The van der Waals surface area contributed by atoms with Crippen LogP contribution in [0.1, 0.15) is 53.0 Å². The molecule has 0 aliphatic carbocycles. The average molecular weight is 363 g/mol. The van der Waals surface area contributed by atoms with E-state index in [0.717, 1.165) is 19.3 Å². The predicted molar refractivity (Wildman–Crippen MR) is 103 cm³/mol. The van der Waals surface area contributed by atoms with Crippen molar-refractivity contribution < 1.29 is 19.1 Å². The van der Waals surface area contributed by atoms with Crippen LogP contribution in [0.4, 0.5) is 0 Å². The Morgan fingerprint density at radius 1 is 0.923 bits per heavy atom. The second-order valence-electron chi connectivity index (χ2n) is 7.00. The van der Waals surface area contributed by atoms with Crippen molar-refractivity contribution in [1.82, 2.24) is 4.90 Å². The molecule has 0 heterocycles. The Hall–Kier alpha value is -1.88. The third-order valence-corrected chi connectivity index (χ3v) is 3.84.